The van der Waals surface area contributed by atoms with Gasteiger partial charge in [-0.3, -0.25) is 14.3 Å². The van der Waals surface area contributed by atoms with E-state index in [1.807, 2.05) is 18.2 Å². The molecule has 3 rings (SSSR count). The smallest absolute Gasteiger partial charge is 0.293 e. The van der Waals surface area contributed by atoms with Crippen LogP contribution in [-0.4, -0.2) is 9.55 Å². The van der Waals surface area contributed by atoms with Gasteiger partial charge in [0.1, 0.15) is 0 Å². The zero-order valence-corrected chi connectivity index (χ0v) is 10.5. The van der Waals surface area contributed by atoms with Crippen LogP contribution in [-0.2, 0) is 13.0 Å². The Morgan fingerprint density at radius 1 is 1.24 bits per heavy atom. The zero-order valence-electron chi connectivity index (χ0n) is 8.87. The van der Waals surface area contributed by atoms with E-state index in [-0.39, 0.29) is 11.2 Å². The van der Waals surface area contributed by atoms with Crippen molar-refractivity contribution in [2.75, 3.05) is 0 Å². The van der Waals surface area contributed by atoms with Crippen molar-refractivity contribution in [2.24, 2.45) is 0 Å². The fourth-order valence-electron chi connectivity index (χ4n) is 2.22. The quantitative estimate of drug-likeness (QED) is 0.800. The van der Waals surface area contributed by atoms with Crippen molar-refractivity contribution in [1.82, 2.24) is 9.55 Å². The molecule has 0 saturated carbocycles. The molecule has 2 heterocycles. The van der Waals surface area contributed by atoms with Gasteiger partial charge < -0.3 is 0 Å². The highest BCUT2D eigenvalue weighted by Crippen LogP contribution is 2.29. The van der Waals surface area contributed by atoms with Gasteiger partial charge in [-0.2, -0.15) is 0 Å². The molecule has 0 bridgehead atoms. The van der Waals surface area contributed by atoms with Crippen LogP contribution < -0.4 is 11.2 Å². The van der Waals surface area contributed by atoms with Gasteiger partial charge in [-0.05, 0) is 24.1 Å². The van der Waals surface area contributed by atoms with Crippen LogP contribution in [0, 0.1) is 0 Å². The molecule has 0 atom stereocenters. The number of hydrogen-bond acceptors (Lipinski definition) is 2. The van der Waals surface area contributed by atoms with Gasteiger partial charge in [0.05, 0.1) is 5.69 Å². The van der Waals surface area contributed by atoms with Crippen molar-refractivity contribution in [2.45, 2.75) is 13.0 Å². The lowest BCUT2D eigenvalue weighted by Gasteiger charge is -2.20. The van der Waals surface area contributed by atoms with E-state index in [2.05, 4.69) is 20.9 Å². The molecule has 0 spiro atoms. The number of fused-ring (bicyclic) bond motifs is 3. The number of H-pyrrole nitrogens is 1. The van der Waals surface area contributed by atoms with Crippen molar-refractivity contribution in [3.8, 4) is 11.3 Å². The Hall–Kier alpha value is -1.62. The molecule has 0 amide bonds. The van der Waals surface area contributed by atoms with Crippen LogP contribution in [0.15, 0.2) is 38.3 Å². The van der Waals surface area contributed by atoms with Crippen LogP contribution in [0.5, 0.6) is 0 Å². The van der Waals surface area contributed by atoms with Crippen LogP contribution in [0.3, 0.4) is 0 Å². The first-order chi connectivity index (χ1) is 8.15. The Morgan fingerprint density at radius 2 is 2.06 bits per heavy atom. The van der Waals surface area contributed by atoms with Gasteiger partial charge >= 0.3 is 5.69 Å². The fraction of sp³-hybridized carbons (Fsp3) is 0.167. The van der Waals surface area contributed by atoms with Crippen molar-refractivity contribution in [3.05, 3.63) is 55.1 Å². The van der Waals surface area contributed by atoms with E-state index in [4.69, 9.17) is 0 Å². The molecule has 86 valence electrons. The van der Waals surface area contributed by atoms with Crippen molar-refractivity contribution >= 4 is 15.9 Å². The molecular weight excluding hydrogens is 284 g/mol. The molecule has 0 saturated heterocycles. The third-order valence-corrected chi connectivity index (χ3v) is 3.48. The molecule has 1 aromatic carbocycles. The van der Waals surface area contributed by atoms with Crippen LogP contribution in [0.25, 0.3) is 11.3 Å². The van der Waals surface area contributed by atoms with E-state index < -0.39 is 0 Å². The summed E-state index contributed by atoms with van der Waals surface area (Å²) in [4.78, 5) is 25.3. The average molecular weight is 293 g/mol. The highest BCUT2D eigenvalue weighted by Gasteiger charge is 2.17. The van der Waals surface area contributed by atoms with Gasteiger partial charge in [0.25, 0.3) is 5.56 Å². The number of aromatic nitrogens is 2. The normalized spacial score (nSPS) is 13.0. The Balaban J connectivity index is 2.36. The van der Waals surface area contributed by atoms with Gasteiger partial charge in [-0.1, -0.05) is 22.0 Å². The summed E-state index contributed by atoms with van der Waals surface area (Å²) in [6.07, 6.45) is 0.799. The number of halogens is 1. The summed E-state index contributed by atoms with van der Waals surface area (Å²) >= 11 is 3.42. The minimum absolute atomic E-state index is 0.332. The zero-order chi connectivity index (χ0) is 12.0. The summed E-state index contributed by atoms with van der Waals surface area (Å²) in [5.41, 5.74) is 2.14. The molecule has 0 unspecified atom stereocenters. The van der Waals surface area contributed by atoms with Crippen LogP contribution in [0.1, 0.15) is 5.56 Å². The van der Waals surface area contributed by atoms with E-state index in [0.29, 0.717) is 12.2 Å². The first-order valence-electron chi connectivity index (χ1n) is 5.28. The second kappa shape index (κ2) is 3.70. The van der Waals surface area contributed by atoms with E-state index in [0.717, 1.165) is 22.0 Å². The number of aryl methyl sites for hydroxylation is 1. The van der Waals surface area contributed by atoms with E-state index in [9.17, 15) is 9.59 Å². The summed E-state index contributed by atoms with van der Waals surface area (Å²) in [7, 11) is 0. The Labute approximate surface area is 105 Å². The second-order valence-corrected chi connectivity index (χ2v) is 4.94. The summed E-state index contributed by atoms with van der Waals surface area (Å²) < 4.78 is 2.62. The van der Waals surface area contributed by atoms with Gasteiger partial charge in [-0.25, -0.2) is 4.79 Å². The summed E-state index contributed by atoms with van der Waals surface area (Å²) in [5.74, 6) is 0. The minimum Gasteiger partial charge on any atom is -0.293 e. The third kappa shape index (κ3) is 1.67. The average Bonchev–Trinajstić information content (AvgIpc) is 2.27. The Kier molecular flexibility index (Phi) is 2.29. The number of benzene rings is 1. The van der Waals surface area contributed by atoms with Gasteiger partial charge in [0.15, 0.2) is 0 Å². The highest BCUT2D eigenvalue weighted by molar-refractivity contribution is 9.10. The standard InChI is InChI=1S/C12H9BrN2O2/c13-8-1-2-9-7(5-8)3-4-15-10(9)6-11(16)14-12(15)17/h1-2,5-6H,3-4H2,(H,14,16,17). The predicted molar refractivity (Wildman–Crippen MR) is 68.2 cm³/mol. The van der Waals surface area contributed by atoms with Gasteiger partial charge in [0.2, 0.25) is 0 Å². The van der Waals surface area contributed by atoms with Crippen molar-refractivity contribution in [3.63, 3.8) is 0 Å². The summed E-state index contributed by atoms with van der Waals surface area (Å²) in [6, 6.07) is 7.36. The molecule has 5 heteroatoms. The molecule has 1 aliphatic heterocycles. The van der Waals surface area contributed by atoms with E-state index >= 15 is 0 Å². The molecular formula is C12H9BrN2O2. The topological polar surface area (TPSA) is 54.9 Å². The molecule has 1 aliphatic rings. The van der Waals surface area contributed by atoms with Crippen molar-refractivity contribution < 1.29 is 0 Å². The maximum atomic E-state index is 11.7. The molecule has 0 fully saturated rings. The molecule has 17 heavy (non-hydrogen) atoms. The lowest BCUT2D eigenvalue weighted by Crippen LogP contribution is -2.33. The number of nitrogens with zero attached hydrogens (tertiary/aromatic N) is 1. The lowest BCUT2D eigenvalue weighted by atomic mass is 9.98. The Bertz CT molecular complexity index is 715. The fourth-order valence-corrected chi connectivity index (χ4v) is 2.63. The molecule has 0 radical (unpaired) electrons. The summed E-state index contributed by atoms with van der Waals surface area (Å²) in [5, 5.41) is 0. The largest absolute Gasteiger partial charge is 0.328 e. The number of hydrogen-bond donors (Lipinski definition) is 1. The summed E-state index contributed by atoms with van der Waals surface area (Å²) in [6.45, 7) is 0.606. The van der Waals surface area contributed by atoms with E-state index in [1.54, 1.807) is 4.57 Å². The number of rotatable bonds is 0. The molecule has 0 aliphatic carbocycles. The predicted octanol–water partition coefficient (Wildman–Crippen LogP) is 1.52. The number of aromatic amines is 1. The van der Waals surface area contributed by atoms with Crippen LogP contribution in [0.2, 0.25) is 0 Å². The molecule has 4 nitrogen and oxygen atoms in total. The van der Waals surface area contributed by atoms with Crippen LogP contribution in [0.4, 0.5) is 0 Å². The van der Waals surface area contributed by atoms with Crippen LogP contribution >= 0.6 is 15.9 Å². The SMILES string of the molecule is O=c1cc2n(c(=O)[nH]1)CCc1cc(Br)ccc1-2. The van der Waals surface area contributed by atoms with Crippen molar-refractivity contribution in [1.29, 1.82) is 0 Å². The highest BCUT2D eigenvalue weighted by atomic mass is 79.9. The van der Waals surface area contributed by atoms with E-state index in [1.165, 1.54) is 6.07 Å². The first kappa shape index (κ1) is 10.5. The molecule has 2 aromatic rings. The van der Waals surface area contributed by atoms with Gasteiger partial charge in [-0.15, -0.1) is 0 Å². The Morgan fingerprint density at radius 3 is 2.88 bits per heavy atom. The molecule has 1 aromatic heterocycles. The maximum Gasteiger partial charge on any atom is 0.328 e. The monoisotopic (exact) mass is 292 g/mol. The maximum absolute atomic E-state index is 11.7. The number of nitrogens with one attached hydrogen (secondary N) is 1. The lowest BCUT2D eigenvalue weighted by molar-refractivity contribution is 0.636. The molecule has 1 N–H and O–H groups in total. The first-order valence-corrected chi connectivity index (χ1v) is 6.07. The second-order valence-electron chi connectivity index (χ2n) is 4.03. The third-order valence-electron chi connectivity index (χ3n) is 2.98. The van der Waals surface area contributed by atoms with Gasteiger partial charge in [0, 0.05) is 22.6 Å². The minimum atomic E-state index is -0.350.